The monoisotopic (exact) mass is 204 g/mol. The van der Waals surface area contributed by atoms with Crippen LogP contribution in [0.5, 0.6) is 5.75 Å². The molecule has 0 radical (unpaired) electrons. The summed E-state index contributed by atoms with van der Waals surface area (Å²) in [6.45, 7) is 0. The van der Waals surface area contributed by atoms with E-state index in [4.69, 9.17) is 9.84 Å². The molecule has 1 aromatic rings. The number of carboxylic acid groups (broad SMARTS) is 1. The van der Waals surface area contributed by atoms with Gasteiger partial charge in [-0.2, -0.15) is 0 Å². The first-order valence-electron chi connectivity index (χ1n) is 4.81. The van der Waals surface area contributed by atoms with Gasteiger partial charge in [0.05, 0.1) is 7.11 Å². The maximum atomic E-state index is 10.6. The van der Waals surface area contributed by atoms with Gasteiger partial charge in [0.15, 0.2) is 0 Å². The van der Waals surface area contributed by atoms with E-state index in [0.717, 1.165) is 29.7 Å². The van der Waals surface area contributed by atoms with Gasteiger partial charge in [-0.05, 0) is 41.7 Å². The molecule has 0 aliphatic heterocycles. The van der Waals surface area contributed by atoms with E-state index in [1.165, 1.54) is 11.6 Å². The molecular weight excluding hydrogens is 192 g/mol. The highest BCUT2D eigenvalue weighted by Gasteiger charge is 2.17. The maximum absolute atomic E-state index is 10.6. The van der Waals surface area contributed by atoms with Crippen LogP contribution in [0.15, 0.2) is 24.3 Å². The van der Waals surface area contributed by atoms with Crippen LogP contribution in [0.25, 0.3) is 5.57 Å². The zero-order valence-electron chi connectivity index (χ0n) is 8.49. The van der Waals surface area contributed by atoms with E-state index in [0.29, 0.717) is 0 Å². The van der Waals surface area contributed by atoms with Gasteiger partial charge < -0.3 is 9.84 Å². The molecule has 0 saturated heterocycles. The van der Waals surface area contributed by atoms with Crippen molar-refractivity contribution in [2.75, 3.05) is 7.11 Å². The number of benzene rings is 1. The normalized spacial score (nSPS) is 16.5. The minimum atomic E-state index is -0.881. The standard InChI is InChI=1S/C12H12O3/c1-15-10-4-5-11-8(6-10)2-3-9(11)7-12(13)14/h4-7H,2-3H2,1H3,(H,13,14). The van der Waals surface area contributed by atoms with Crippen molar-refractivity contribution in [2.45, 2.75) is 12.8 Å². The molecule has 0 heterocycles. The Labute approximate surface area is 88.0 Å². The second-order valence-electron chi connectivity index (χ2n) is 3.53. The van der Waals surface area contributed by atoms with Crippen LogP contribution in [0.4, 0.5) is 0 Å². The second-order valence-corrected chi connectivity index (χ2v) is 3.53. The minimum absolute atomic E-state index is 0.800. The highest BCUT2D eigenvalue weighted by Crippen LogP contribution is 2.34. The molecule has 78 valence electrons. The number of allylic oxidation sites excluding steroid dienone is 1. The largest absolute Gasteiger partial charge is 0.497 e. The molecule has 1 aliphatic rings. The van der Waals surface area contributed by atoms with Gasteiger partial charge in [-0.3, -0.25) is 0 Å². The van der Waals surface area contributed by atoms with Gasteiger partial charge in [-0.1, -0.05) is 6.07 Å². The van der Waals surface area contributed by atoms with E-state index >= 15 is 0 Å². The third-order valence-corrected chi connectivity index (χ3v) is 2.62. The third-order valence-electron chi connectivity index (χ3n) is 2.62. The molecule has 0 amide bonds. The Morgan fingerprint density at radius 3 is 2.93 bits per heavy atom. The number of aryl methyl sites for hydroxylation is 1. The summed E-state index contributed by atoms with van der Waals surface area (Å²) in [4.78, 5) is 10.6. The van der Waals surface area contributed by atoms with Crippen molar-refractivity contribution in [3.05, 3.63) is 35.4 Å². The Balaban J connectivity index is 2.40. The molecule has 3 heteroatoms. The summed E-state index contributed by atoms with van der Waals surface area (Å²) in [5, 5.41) is 8.70. The molecular formula is C12H12O3. The second kappa shape index (κ2) is 3.77. The van der Waals surface area contributed by atoms with Crippen LogP contribution < -0.4 is 4.74 Å². The van der Waals surface area contributed by atoms with Crippen molar-refractivity contribution in [3.8, 4) is 5.75 Å². The van der Waals surface area contributed by atoms with Gasteiger partial charge in [0.2, 0.25) is 0 Å². The molecule has 0 fully saturated rings. The van der Waals surface area contributed by atoms with Crippen molar-refractivity contribution in [3.63, 3.8) is 0 Å². The molecule has 0 saturated carbocycles. The van der Waals surface area contributed by atoms with Gasteiger partial charge in [-0.25, -0.2) is 4.79 Å². The SMILES string of the molecule is COc1ccc2c(c1)CCC2=CC(=O)O. The van der Waals surface area contributed by atoms with Crippen molar-refractivity contribution in [1.82, 2.24) is 0 Å². The first-order chi connectivity index (χ1) is 7.20. The molecule has 1 N–H and O–H groups in total. The molecule has 0 spiro atoms. The number of aliphatic carboxylic acids is 1. The Kier molecular flexibility index (Phi) is 2.46. The molecule has 3 nitrogen and oxygen atoms in total. The summed E-state index contributed by atoms with van der Waals surface area (Å²) in [5.41, 5.74) is 3.11. The van der Waals surface area contributed by atoms with Crippen molar-refractivity contribution in [2.24, 2.45) is 0 Å². The van der Waals surface area contributed by atoms with Crippen molar-refractivity contribution in [1.29, 1.82) is 0 Å². The number of rotatable bonds is 2. The predicted molar refractivity (Wildman–Crippen MR) is 56.9 cm³/mol. The average Bonchev–Trinajstić information content (AvgIpc) is 2.60. The summed E-state index contributed by atoms with van der Waals surface area (Å²) in [6.07, 6.45) is 2.98. The number of fused-ring (bicyclic) bond motifs is 1. The highest BCUT2D eigenvalue weighted by atomic mass is 16.5. The fourth-order valence-electron chi connectivity index (χ4n) is 1.92. The van der Waals surface area contributed by atoms with Gasteiger partial charge >= 0.3 is 5.97 Å². The van der Waals surface area contributed by atoms with Crippen LogP contribution >= 0.6 is 0 Å². The zero-order valence-corrected chi connectivity index (χ0v) is 8.49. The summed E-state index contributed by atoms with van der Waals surface area (Å²) in [7, 11) is 1.63. The molecule has 0 atom stereocenters. The van der Waals surface area contributed by atoms with E-state index in [2.05, 4.69) is 0 Å². The lowest BCUT2D eigenvalue weighted by Crippen LogP contribution is -1.90. The van der Waals surface area contributed by atoms with Crippen molar-refractivity contribution >= 4 is 11.5 Å². The number of hydrogen-bond acceptors (Lipinski definition) is 2. The molecule has 0 aromatic heterocycles. The van der Waals surface area contributed by atoms with Gasteiger partial charge in [0.1, 0.15) is 5.75 Å². The van der Waals surface area contributed by atoms with Crippen LogP contribution in [0.1, 0.15) is 17.5 Å². The number of ether oxygens (including phenoxy) is 1. The lowest BCUT2D eigenvalue weighted by Gasteiger charge is -2.03. The van der Waals surface area contributed by atoms with E-state index in [-0.39, 0.29) is 0 Å². The Bertz CT molecular complexity index is 432. The van der Waals surface area contributed by atoms with Crippen LogP contribution in [0, 0.1) is 0 Å². The van der Waals surface area contributed by atoms with E-state index in [9.17, 15) is 4.79 Å². The molecule has 1 aromatic carbocycles. The maximum Gasteiger partial charge on any atom is 0.328 e. The summed E-state index contributed by atoms with van der Waals surface area (Å²) in [6, 6.07) is 5.76. The van der Waals surface area contributed by atoms with Crippen molar-refractivity contribution < 1.29 is 14.6 Å². The smallest absolute Gasteiger partial charge is 0.328 e. The number of methoxy groups -OCH3 is 1. The number of hydrogen-bond donors (Lipinski definition) is 1. The average molecular weight is 204 g/mol. The highest BCUT2D eigenvalue weighted by molar-refractivity contribution is 5.91. The Morgan fingerprint density at radius 2 is 2.27 bits per heavy atom. The first kappa shape index (κ1) is 9.77. The van der Waals surface area contributed by atoms with E-state index in [1.54, 1.807) is 7.11 Å². The first-order valence-corrected chi connectivity index (χ1v) is 4.81. The third kappa shape index (κ3) is 1.86. The zero-order chi connectivity index (χ0) is 10.8. The van der Waals surface area contributed by atoms with Gasteiger partial charge in [0.25, 0.3) is 0 Å². The van der Waals surface area contributed by atoms with Crippen LogP contribution in [0.3, 0.4) is 0 Å². The van der Waals surface area contributed by atoms with E-state index < -0.39 is 5.97 Å². The van der Waals surface area contributed by atoms with Crippen LogP contribution in [0.2, 0.25) is 0 Å². The molecule has 1 aliphatic carbocycles. The lowest BCUT2D eigenvalue weighted by molar-refractivity contribution is -0.131. The quantitative estimate of drug-likeness (QED) is 0.750. The predicted octanol–water partition coefficient (Wildman–Crippen LogP) is 2.11. The van der Waals surface area contributed by atoms with Gasteiger partial charge in [-0.15, -0.1) is 0 Å². The topological polar surface area (TPSA) is 46.5 Å². The fraction of sp³-hybridized carbons (Fsp3) is 0.250. The van der Waals surface area contributed by atoms with Crippen LogP contribution in [-0.2, 0) is 11.2 Å². The minimum Gasteiger partial charge on any atom is -0.497 e. The van der Waals surface area contributed by atoms with E-state index in [1.807, 2.05) is 18.2 Å². The molecule has 0 unspecified atom stereocenters. The summed E-state index contributed by atoms with van der Waals surface area (Å²) < 4.78 is 5.12. The molecule has 2 rings (SSSR count). The summed E-state index contributed by atoms with van der Waals surface area (Å²) >= 11 is 0. The summed E-state index contributed by atoms with van der Waals surface area (Å²) in [5.74, 6) is -0.0565. The Morgan fingerprint density at radius 1 is 1.47 bits per heavy atom. The van der Waals surface area contributed by atoms with Gasteiger partial charge in [0, 0.05) is 6.08 Å². The fourth-order valence-corrected chi connectivity index (χ4v) is 1.92. The lowest BCUT2D eigenvalue weighted by atomic mass is 10.1. The number of carbonyl (C=O) groups is 1. The molecule has 0 bridgehead atoms. The molecule has 15 heavy (non-hydrogen) atoms. The number of carboxylic acids is 1. The Hall–Kier alpha value is -1.77. The van der Waals surface area contributed by atoms with Crippen LogP contribution in [-0.4, -0.2) is 18.2 Å².